The Morgan fingerprint density at radius 1 is 1.14 bits per heavy atom. The summed E-state index contributed by atoms with van der Waals surface area (Å²) in [5.41, 5.74) is 7.55. The van der Waals surface area contributed by atoms with Gasteiger partial charge >= 0.3 is 11.7 Å². The van der Waals surface area contributed by atoms with Crippen LogP contribution in [0.5, 0.6) is 0 Å². The molecule has 4 heterocycles. The molecule has 3 aromatic rings. The van der Waals surface area contributed by atoms with Gasteiger partial charge in [-0.25, -0.2) is 14.0 Å². The third-order valence-electron chi connectivity index (χ3n) is 8.31. The molecule has 15 nitrogen and oxygen atoms in total. The van der Waals surface area contributed by atoms with Gasteiger partial charge in [-0.2, -0.15) is 0 Å². The van der Waals surface area contributed by atoms with Crippen LogP contribution in [0.3, 0.4) is 0 Å². The maximum atomic E-state index is 15.3. The molecule has 0 amide bonds. The average Bonchev–Trinajstić information content (AvgIpc) is 3.75. The van der Waals surface area contributed by atoms with E-state index in [2.05, 4.69) is 15.0 Å². The van der Waals surface area contributed by atoms with Crippen molar-refractivity contribution < 1.29 is 24.1 Å². The van der Waals surface area contributed by atoms with Gasteiger partial charge in [-0.1, -0.05) is 5.11 Å². The van der Waals surface area contributed by atoms with Crippen LogP contribution in [0, 0.1) is 5.82 Å². The molecule has 2 saturated heterocycles. The molecule has 16 heteroatoms. The zero-order valence-electron chi connectivity index (χ0n) is 22.9. The third-order valence-corrected chi connectivity index (χ3v) is 8.31. The van der Waals surface area contributed by atoms with Crippen molar-refractivity contribution in [3.63, 3.8) is 0 Å². The molecule has 2 aromatic heterocycles. The Morgan fingerprint density at radius 3 is 2.53 bits per heavy atom. The number of pyridine rings is 1. The fourth-order valence-corrected chi connectivity index (χ4v) is 5.89. The second kappa shape index (κ2) is 11.3. The lowest BCUT2D eigenvalue weighted by molar-refractivity contribution is -0.0272. The Kier molecular flexibility index (Phi) is 7.52. The number of ether oxygens (including phenoxy) is 1. The van der Waals surface area contributed by atoms with Gasteiger partial charge in [0.1, 0.15) is 17.6 Å². The van der Waals surface area contributed by atoms with E-state index in [1.165, 1.54) is 17.0 Å². The van der Waals surface area contributed by atoms with Gasteiger partial charge in [-0.3, -0.25) is 24.0 Å². The Morgan fingerprint density at radius 2 is 1.88 bits per heavy atom. The van der Waals surface area contributed by atoms with Crippen LogP contribution >= 0.6 is 0 Å². The van der Waals surface area contributed by atoms with E-state index in [0.717, 1.165) is 18.9 Å². The molecule has 3 unspecified atom stereocenters. The largest absolute Gasteiger partial charge is 0.477 e. The molecule has 1 saturated carbocycles. The van der Waals surface area contributed by atoms with Crippen molar-refractivity contribution in [3.8, 4) is 0 Å². The molecule has 1 aromatic carbocycles. The number of nitrogens with one attached hydrogen (secondary N) is 1. The molecule has 1 aliphatic carbocycles. The molecular formula is C27H29FN8O7. The highest BCUT2D eigenvalue weighted by Gasteiger charge is 2.36. The standard InChI is InChI=1S/C27H29FN8O7/c28-18-7-16-20(35(15-1-2-15)12-17(24(16)38)26(40)41)9-21(18)34-5-3-33(4-6-34)10-14-11-36(27(42)30-25(14)39)23-8-19(31-32-29)22(13-37)43-23/h7,9,11-12,15,19,22-23,37H,1-6,8,10,13H2,(H,40,41)(H,30,39,42). The zero-order chi connectivity index (χ0) is 30.4. The van der Waals surface area contributed by atoms with Gasteiger partial charge in [0.05, 0.1) is 30.0 Å². The van der Waals surface area contributed by atoms with Gasteiger partial charge in [0.15, 0.2) is 0 Å². The molecule has 43 heavy (non-hydrogen) atoms. The van der Waals surface area contributed by atoms with Crippen molar-refractivity contribution in [2.45, 2.75) is 50.2 Å². The van der Waals surface area contributed by atoms with Crippen LogP contribution in [-0.2, 0) is 11.3 Å². The number of carboxylic acids is 1. The van der Waals surface area contributed by atoms with E-state index >= 15 is 4.39 Å². The minimum absolute atomic E-state index is 0.0309. The number of fused-ring (bicyclic) bond motifs is 1. The van der Waals surface area contributed by atoms with Crippen LogP contribution in [0.1, 0.15) is 47.5 Å². The number of H-pyrrole nitrogens is 1. The molecule has 0 bridgehead atoms. The third kappa shape index (κ3) is 5.41. The molecule has 3 aliphatic rings. The zero-order valence-corrected chi connectivity index (χ0v) is 22.9. The highest BCUT2D eigenvalue weighted by atomic mass is 19.1. The number of anilines is 1. The van der Waals surface area contributed by atoms with Crippen molar-refractivity contribution in [2.75, 3.05) is 37.7 Å². The molecule has 2 aliphatic heterocycles. The first-order valence-electron chi connectivity index (χ1n) is 13.9. The minimum Gasteiger partial charge on any atom is -0.477 e. The lowest BCUT2D eigenvalue weighted by atomic mass is 10.1. The number of azide groups is 1. The number of nitrogens with zero attached hydrogens (tertiary/aromatic N) is 7. The number of piperazine rings is 1. The van der Waals surface area contributed by atoms with E-state index in [4.69, 9.17) is 10.3 Å². The van der Waals surface area contributed by atoms with Crippen molar-refractivity contribution in [1.29, 1.82) is 0 Å². The first kappa shape index (κ1) is 28.6. The molecule has 3 atom stereocenters. The summed E-state index contributed by atoms with van der Waals surface area (Å²) in [6, 6.07) is 2.12. The number of aliphatic hydroxyl groups excluding tert-OH is 1. The number of halogens is 1. The predicted molar refractivity (Wildman–Crippen MR) is 151 cm³/mol. The topological polar surface area (TPSA) is 199 Å². The summed E-state index contributed by atoms with van der Waals surface area (Å²) in [4.78, 5) is 58.5. The average molecular weight is 597 g/mol. The van der Waals surface area contributed by atoms with Crippen LogP contribution in [-0.4, -0.2) is 80.1 Å². The number of aromatic carboxylic acids is 1. The van der Waals surface area contributed by atoms with Crippen LogP contribution in [0.15, 0.2) is 44.0 Å². The fourth-order valence-electron chi connectivity index (χ4n) is 5.89. The van der Waals surface area contributed by atoms with Gasteiger partial charge < -0.3 is 24.4 Å². The monoisotopic (exact) mass is 596 g/mol. The van der Waals surface area contributed by atoms with Crippen LogP contribution in [0.2, 0.25) is 0 Å². The number of aromatic amines is 1. The summed E-state index contributed by atoms with van der Waals surface area (Å²) in [7, 11) is 0. The van der Waals surface area contributed by atoms with Crippen LogP contribution in [0.4, 0.5) is 10.1 Å². The Labute approximate surface area is 242 Å². The number of rotatable bonds is 8. The summed E-state index contributed by atoms with van der Waals surface area (Å²) in [5.74, 6) is -1.97. The molecule has 3 N–H and O–H groups in total. The molecule has 3 fully saturated rings. The summed E-state index contributed by atoms with van der Waals surface area (Å²) in [5, 5.41) is 22.7. The number of carboxylic acid groups (broad SMARTS) is 1. The van der Waals surface area contributed by atoms with Gasteiger partial charge in [0, 0.05) is 73.4 Å². The van der Waals surface area contributed by atoms with Crippen molar-refractivity contribution in [3.05, 3.63) is 83.0 Å². The lowest BCUT2D eigenvalue weighted by Crippen LogP contribution is -2.47. The smallest absolute Gasteiger partial charge is 0.341 e. The summed E-state index contributed by atoms with van der Waals surface area (Å²) in [6.07, 6.45) is 3.00. The summed E-state index contributed by atoms with van der Waals surface area (Å²) >= 11 is 0. The molecular weight excluding hydrogens is 567 g/mol. The van der Waals surface area contributed by atoms with E-state index in [0.29, 0.717) is 42.9 Å². The van der Waals surface area contributed by atoms with E-state index in [-0.39, 0.29) is 30.0 Å². The van der Waals surface area contributed by atoms with Crippen LogP contribution < -0.4 is 21.6 Å². The van der Waals surface area contributed by atoms with Crippen LogP contribution in [0.25, 0.3) is 21.3 Å². The van der Waals surface area contributed by atoms with E-state index in [1.807, 2.05) is 9.80 Å². The first-order valence-corrected chi connectivity index (χ1v) is 13.9. The quantitative estimate of drug-likeness (QED) is 0.195. The van der Waals surface area contributed by atoms with Crippen molar-refractivity contribution in [1.82, 2.24) is 19.0 Å². The number of carbonyl (C=O) groups is 1. The van der Waals surface area contributed by atoms with Gasteiger partial charge in [0.25, 0.3) is 5.56 Å². The lowest BCUT2D eigenvalue weighted by Gasteiger charge is -2.36. The number of benzene rings is 1. The predicted octanol–water partition coefficient (Wildman–Crippen LogP) is 1.30. The van der Waals surface area contributed by atoms with Gasteiger partial charge in [-0.15, -0.1) is 0 Å². The SMILES string of the molecule is [N-]=[N+]=NC1CC(n2cc(CN3CCN(c4cc5c(cc4F)c(=O)c(C(=O)O)cn5C4CC4)CC3)c(=O)[nH]c2=O)OC1CO. The maximum absolute atomic E-state index is 15.3. The highest BCUT2D eigenvalue weighted by Crippen LogP contribution is 2.38. The summed E-state index contributed by atoms with van der Waals surface area (Å²) in [6.45, 7) is 1.58. The molecule has 226 valence electrons. The van der Waals surface area contributed by atoms with E-state index in [9.17, 15) is 29.4 Å². The Hall–Kier alpha value is -4.50. The number of aromatic nitrogens is 3. The fraction of sp³-hybridized carbons (Fsp3) is 0.481. The summed E-state index contributed by atoms with van der Waals surface area (Å²) < 4.78 is 24.0. The number of hydrogen-bond donors (Lipinski definition) is 3. The maximum Gasteiger partial charge on any atom is 0.341 e. The second-order valence-corrected chi connectivity index (χ2v) is 11.0. The second-order valence-electron chi connectivity index (χ2n) is 11.0. The number of hydrogen-bond acceptors (Lipinski definition) is 9. The van der Waals surface area contributed by atoms with Gasteiger partial charge in [-0.05, 0) is 30.5 Å². The molecule has 0 radical (unpaired) electrons. The normalized spacial score (nSPS) is 22.6. The van der Waals surface area contributed by atoms with E-state index in [1.54, 1.807) is 10.6 Å². The number of aliphatic hydroxyl groups is 1. The first-order chi connectivity index (χ1) is 20.7. The Bertz CT molecular complexity index is 1820. The van der Waals surface area contributed by atoms with Crippen molar-refractivity contribution >= 4 is 22.6 Å². The molecule has 6 rings (SSSR count). The highest BCUT2D eigenvalue weighted by molar-refractivity contribution is 5.93. The minimum atomic E-state index is -1.35. The van der Waals surface area contributed by atoms with E-state index < -0.39 is 53.4 Å². The molecule has 0 spiro atoms. The van der Waals surface area contributed by atoms with Crippen molar-refractivity contribution in [2.24, 2.45) is 5.11 Å². The Balaban J connectivity index is 1.20. The van der Waals surface area contributed by atoms with Gasteiger partial charge in [0.2, 0.25) is 5.43 Å².